The average molecular weight is 1470 g/mol. The van der Waals surface area contributed by atoms with Crippen LogP contribution in [-0.4, -0.2) is 123 Å². The lowest BCUT2D eigenvalue weighted by Gasteiger charge is -2.32. The Kier molecular flexibility index (Phi) is 25.4. The lowest BCUT2D eigenvalue weighted by atomic mass is 9.80. The van der Waals surface area contributed by atoms with Crippen molar-refractivity contribution >= 4 is 73.0 Å². The first-order chi connectivity index (χ1) is 41.5. The van der Waals surface area contributed by atoms with Gasteiger partial charge in [0.15, 0.2) is 41.8 Å². The summed E-state index contributed by atoms with van der Waals surface area (Å²) in [6.45, 7) is 4.41. The highest BCUT2D eigenvalue weighted by Gasteiger charge is 2.52. The minimum absolute atomic E-state index is 0. The monoisotopic (exact) mass is 1470 g/mol. The van der Waals surface area contributed by atoms with Crippen molar-refractivity contribution in [3.63, 3.8) is 0 Å². The van der Waals surface area contributed by atoms with Gasteiger partial charge in [-0.25, -0.2) is 18.7 Å². The molecule has 3 aliphatic carbocycles. The fourth-order valence-electron chi connectivity index (χ4n) is 7.47. The number of aliphatic hydroxyl groups excluding tert-OH is 1. The van der Waals surface area contributed by atoms with Crippen molar-refractivity contribution in [1.82, 2.24) is 53.8 Å². The van der Waals surface area contributed by atoms with Gasteiger partial charge in [-0.3, -0.25) is 13.2 Å². The van der Waals surface area contributed by atoms with Gasteiger partial charge < -0.3 is 33.4 Å². The number of aliphatic hydroxyl groups is 1. The van der Waals surface area contributed by atoms with Crippen LogP contribution in [0.3, 0.4) is 0 Å². The first-order valence-electron chi connectivity index (χ1n) is 26.7. The Bertz CT molecular complexity index is 3700. The molecule has 1 saturated heterocycles. The molecule has 12 rings (SSSR count). The Hall–Kier alpha value is -6.11. The molecule has 4 aliphatic rings. The maximum atomic E-state index is 14.4. The summed E-state index contributed by atoms with van der Waals surface area (Å²) >= 11 is 11.2. The summed E-state index contributed by atoms with van der Waals surface area (Å²) in [5.41, 5.74) is 0.244. The molecule has 0 atom stereocenters. The molecule has 0 radical (unpaired) electrons. The van der Waals surface area contributed by atoms with Gasteiger partial charge in [0.25, 0.3) is 11.8 Å². The second-order valence-electron chi connectivity index (χ2n) is 21.5. The number of hydrogen-bond donors (Lipinski definition) is 1. The predicted molar refractivity (Wildman–Crippen MR) is 315 cm³/mol. The fraction of sp³-hybridized carbons (Fsp3) is 0.500. The Morgan fingerprint density at radius 1 is 0.554 bits per heavy atom. The zero-order chi connectivity index (χ0) is 65.1. The fourth-order valence-corrected chi connectivity index (χ4v) is 8.27. The molecule has 506 valence electrons. The van der Waals surface area contributed by atoms with Gasteiger partial charge in [-0.2, -0.15) is 52.7 Å². The van der Waals surface area contributed by atoms with Crippen LogP contribution in [0.5, 0.6) is 11.8 Å². The van der Waals surface area contributed by atoms with Crippen LogP contribution in [-0.2, 0) is 36.4 Å². The topological polar surface area (TPSA) is 192 Å². The van der Waals surface area contributed by atoms with E-state index < -0.39 is 102 Å². The molecule has 36 heteroatoms. The van der Waals surface area contributed by atoms with E-state index in [2.05, 4.69) is 86.6 Å². The first kappa shape index (κ1) is 76.6. The Balaban J connectivity index is 0.000000221. The highest BCUT2D eigenvalue weighted by atomic mass is 79.9. The SMILES string of the molecule is C.C.C.CC1(C)OB(c2cnc(OCC(F)(F)F)c(F)c2)OC1(C)C.FC(F)(Cl)c1nnc2ccc(Br)cn12.FC(F)(OCC1CC1)c1nnc2ccc(Br)cn12.Fc1cc(-c2ccc3nnc(C(F)(F)OCC4CC4)n3c2)cnc1OCC(F)(F)F.OCC1CC1. The Morgan fingerprint density at radius 3 is 1.33 bits per heavy atom. The standard InChI is InChI=1S/C18H14F6N4O2.C13H16BF4NO3.C11H10BrF2N3O.C7H3BrClF2N3.C4H8O.3CH4/c19-13-5-12(6-25-15(13)29-9-17(20,21)22)11-3-4-14-26-27-16(28(14)7-11)18(23,24)30-8-10-1-2-10;1-11(2)12(3,4)22-14(21-11)8-5-9(15)10(19-6-8)20-7-13(16,17)18;12-8-3-4-9-15-16-10(17(9)5-8)11(13,14)18-6-7-1-2-7;8-4-1-2-5-12-13-6(7(9,10)11)14(5)3-4;5-3-4-1-2-4;;;/h3-7,10H,1-2,8-9H2;5-6H,7H2,1-4H3;3-5,7H,1-2,6H2;1-3H;4-5H,1-3H2;3*1H4. The summed E-state index contributed by atoms with van der Waals surface area (Å²) < 4.78 is 217. The molecule has 0 amide bonds. The van der Waals surface area contributed by atoms with Crippen molar-refractivity contribution in [1.29, 1.82) is 0 Å². The van der Waals surface area contributed by atoms with Crippen molar-refractivity contribution in [3.8, 4) is 22.9 Å². The molecular formula is C56H63BBr2ClF14N11O7. The molecule has 1 aliphatic heterocycles. The van der Waals surface area contributed by atoms with Gasteiger partial charge in [-0.05, 0) is 176 Å². The number of fused-ring (bicyclic) bond motifs is 3. The van der Waals surface area contributed by atoms with E-state index in [0.29, 0.717) is 32.8 Å². The van der Waals surface area contributed by atoms with Crippen molar-refractivity contribution in [2.75, 3.05) is 33.0 Å². The molecule has 0 bridgehead atoms. The molecule has 1 N–H and O–H groups in total. The second-order valence-corrected chi connectivity index (χ2v) is 23.8. The summed E-state index contributed by atoms with van der Waals surface area (Å²) in [6.07, 6.45) is -3.76. The summed E-state index contributed by atoms with van der Waals surface area (Å²) in [5.74, 6) is -4.40. The van der Waals surface area contributed by atoms with Gasteiger partial charge >= 0.3 is 37.1 Å². The highest BCUT2D eigenvalue weighted by Crippen LogP contribution is 2.39. The Morgan fingerprint density at radius 2 is 0.946 bits per heavy atom. The van der Waals surface area contributed by atoms with Crippen LogP contribution < -0.4 is 14.9 Å². The van der Waals surface area contributed by atoms with Crippen LogP contribution in [0, 0.1) is 29.4 Å². The summed E-state index contributed by atoms with van der Waals surface area (Å²) in [7, 11) is -0.844. The lowest BCUT2D eigenvalue weighted by Crippen LogP contribution is -2.41. The third kappa shape index (κ3) is 20.9. The number of hydrogen-bond acceptors (Lipinski definition) is 15. The smallest absolute Gasteiger partial charge is 0.466 e. The largest absolute Gasteiger partial charge is 0.496 e. The molecule has 92 heavy (non-hydrogen) atoms. The van der Waals surface area contributed by atoms with E-state index in [1.807, 2.05) is 27.7 Å². The third-order valence-electron chi connectivity index (χ3n) is 13.5. The molecule has 9 heterocycles. The van der Waals surface area contributed by atoms with Gasteiger partial charge in [0.1, 0.15) is 0 Å². The molecule has 3 saturated carbocycles. The van der Waals surface area contributed by atoms with Crippen LogP contribution in [0.4, 0.5) is 61.5 Å². The number of pyridine rings is 5. The minimum Gasteiger partial charge on any atom is -0.466 e. The quantitative estimate of drug-likeness (QED) is 0.0545. The molecule has 0 aromatic carbocycles. The maximum Gasteiger partial charge on any atom is 0.496 e. The van der Waals surface area contributed by atoms with Gasteiger partial charge in [-0.1, -0.05) is 22.3 Å². The van der Waals surface area contributed by atoms with Crippen LogP contribution in [0.25, 0.3) is 28.1 Å². The zero-order valence-corrected chi connectivity index (χ0v) is 50.8. The number of nitrogens with zero attached hydrogens (tertiary/aromatic N) is 11. The lowest BCUT2D eigenvalue weighted by molar-refractivity contribution is -0.257. The van der Waals surface area contributed by atoms with Crippen LogP contribution >= 0.6 is 43.5 Å². The zero-order valence-electron chi connectivity index (χ0n) is 46.8. The number of ether oxygens (including phenoxy) is 4. The van der Waals surface area contributed by atoms with E-state index in [9.17, 15) is 61.5 Å². The van der Waals surface area contributed by atoms with E-state index in [-0.39, 0.29) is 69.6 Å². The molecule has 8 aromatic heterocycles. The summed E-state index contributed by atoms with van der Waals surface area (Å²) in [5, 5.41) is 26.0. The number of alkyl halides is 13. The molecular weight excluding hydrogens is 1410 g/mol. The van der Waals surface area contributed by atoms with E-state index in [0.717, 1.165) is 52.8 Å². The van der Waals surface area contributed by atoms with E-state index in [1.54, 1.807) is 24.3 Å². The van der Waals surface area contributed by atoms with Gasteiger partial charge in [0.05, 0.1) is 24.4 Å². The van der Waals surface area contributed by atoms with Gasteiger partial charge in [0, 0.05) is 63.1 Å². The van der Waals surface area contributed by atoms with Crippen LogP contribution in [0.15, 0.2) is 88.5 Å². The number of halogens is 17. The molecule has 18 nitrogen and oxygen atoms in total. The van der Waals surface area contributed by atoms with Crippen molar-refractivity contribution in [3.05, 3.63) is 118 Å². The normalized spacial score (nSPS) is 16.1. The van der Waals surface area contributed by atoms with Crippen molar-refractivity contribution < 1.29 is 94.8 Å². The number of aromatic nitrogens is 11. The molecule has 8 aromatic rings. The third-order valence-corrected chi connectivity index (χ3v) is 14.6. The van der Waals surface area contributed by atoms with Gasteiger partial charge in [-0.15, -0.1) is 30.6 Å². The molecule has 0 spiro atoms. The highest BCUT2D eigenvalue weighted by molar-refractivity contribution is 9.10. The summed E-state index contributed by atoms with van der Waals surface area (Å²) in [4.78, 5) is 7.11. The first-order valence-corrected chi connectivity index (χ1v) is 28.6. The van der Waals surface area contributed by atoms with Crippen LogP contribution in [0.1, 0.15) is 106 Å². The molecule has 0 unspecified atom stereocenters. The predicted octanol–water partition coefficient (Wildman–Crippen LogP) is 14.9. The summed E-state index contributed by atoms with van der Waals surface area (Å²) in [6, 6.07) is 11.3. The Labute approximate surface area is 540 Å². The average Bonchev–Trinajstić information content (AvgIpc) is 1.62. The van der Waals surface area contributed by atoms with E-state index in [1.165, 1.54) is 54.2 Å². The van der Waals surface area contributed by atoms with Crippen molar-refractivity contribution in [2.24, 2.45) is 17.8 Å². The molecule has 4 fully saturated rings. The maximum absolute atomic E-state index is 14.4. The van der Waals surface area contributed by atoms with Crippen molar-refractivity contribution in [2.45, 2.75) is 130 Å². The van der Waals surface area contributed by atoms with Crippen LogP contribution in [0.2, 0.25) is 0 Å². The van der Waals surface area contributed by atoms with Gasteiger partial charge in [0.2, 0.25) is 17.5 Å². The van der Waals surface area contributed by atoms with E-state index >= 15 is 0 Å². The number of rotatable bonds is 16. The second kappa shape index (κ2) is 30.5. The minimum atomic E-state index is -4.64. The van der Waals surface area contributed by atoms with E-state index in [4.69, 9.17) is 30.8 Å².